The van der Waals surface area contributed by atoms with Crippen molar-refractivity contribution in [2.24, 2.45) is 11.3 Å². The van der Waals surface area contributed by atoms with Crippen LogP contribution in [-0.2, 0) is 11.2 Å². The molecule has 3 aliphatic rings. The number of halogens is 1. The standard InChI is InChI=1S/C18H24N2O2.ClH/c21-17(18-8-2-1-5-14(18)11-19-12-18)20-15-6-7-16-13(10-15)4-3-9-22-16;/h6-7,10,14,19H,1-5,8-9,11-12H2,(H,20,21);1H/t14-,18+;/m0./s1. The average Bonchev–Trinajstić information content (AvgIpc) is 3.00. The fraction of sp³-hybridized carbons (Fsp3) is 0.611. The summed E-state index contributed by atoms with van der Waals surface area (Å²) in [5, 5.41) is 6.63. The van der Waals surface area contributed by atoms with Gasteiger partial charge in [0.2, 0.25) is 5.91 Å². The molecule has 1 saturated heterocycles. The van der Waals surface area contributed by atoms with Crippen LogP contribution in [0.15, 0.2) is 18.2 Å². The van der Waals surface area contributed by atoms with Gasteiger partial charge in [-0.2, -0.15) is 0 Å². The van der Waals surface area contributed by atoms with E-state index in [1.54, 1.807) is 0 Å². The molecule has 1 aliphatic carbocycles. The minimum Gasteiger partial charge on any atom is -0.493 e. The maximum atomic E-state index is 13.0. The number of rotatable bonds is 2. The molecule has 2 heterocycles. The molecule has 1 aromatic rings. The van der Waals surface area contributed by atoms with Gasteiger partial charge in [0.15, 0.2) is 0 Å². The summed E-state index contributed by atoms with van der Waals surface area (Å²) in [7, 11) is 0. The Bertz CT molecular complexity index is 592. The Morgan fingerprint density at radius 3 is 3.13 bits per heavy atom. The Hall–Kier alpha value is -1.26. The van der Waals surface area contributed by atoms with Crippen molar-refractivity contribution in [2.75, 3.05) is 25.0 Å². The van der Waals surface area contributed by atoms with E-state index in [0.717, 1.165) is 50.4 Å². The second-order valence-electron chi connectivity index (χ2n) is 6.96. The number of hydrogen-bond donors (Lipinski definition) is 2. The van der Waals surface area contributed by atoms with Crippen molar-refractivity contribution in [3.8, 4) is 5.75 Å². The fourth-order valence-electron chi connectivity index (χ4n) is 4.38. The predicted octanol–water partition coefficient (Wildman–Crippen LogP) is 3.15. The summed E-state index contributed by atoms with van der Waals surface area (Å²) in [4.78, 5) is 13.0. The van der Waals surface area contributed by atoms with Crippen LogP contribution in [0, 0.1) is 11.3 Å². The van der Waals surface area contributed by atoms with Crippen LogP contribution >= 0.6 is 12.4 Å². The molecular weight excluding hydrogens is 312 g/mol. The van der Waals surface area contributed by atoms with Crippen LogP contribution in [0.2, 0.25) is 0 Å². The van der Waals surface area contributed by atoms with Gasteiger partial charge in [-0.15, -0.1) is 12.4 Å². The highest BCUT2D eigenvalue weighted by Gasteiger charge is 2.49. The molecule has 0 bridgehead atoms. The monoisotopic (exact) mass is 336 g/mol. The minimum atomic E-state index is -0.190. The first-order valence-corrected chi connectivity index (χ1v) is 8.56. The largest absolute Gasteiger partial charge is 0.493 e. The number of aryl methyl sites for hydroxylation is 1. The van der Waals surface area contributed by atoms with Gasteiger partial charge in [-0.1, -0.05) is 12.8 Å². The highest BCUT2D eigenvalue weighted by molar-refractivity contribution is 5.96. The summed E-state index contributed by atoms with van der Waals surface area (Å²) in [6, 6.07) is 6.05. The molecule has 126 valence electrons. The van der Waals surface area contributed by atoms with Crippen molar-refractivity contribution in [3.05, 3.63) is 23.8 Å². The molecule has 2 fully saturated rings. The van der Waals surface area contributed by atoms with Crippen LogP contribution in [0.25, 0.3) is 0 Å². The van der Waals surface area contributed by atoms with Crippen LogP contribution in [-0.4, -0.2) is 25.6 Å². The predicted molar refractivity (Wildman–Crippen MR) is 93.4 cm³/mol. The Labute approximate surface area is 143 Å². The number of benzene rings is 1. The van der Waals surface area contributed by atoms with Crippen LogP contribution in [0.1, 0.15) is 37.7 Å². The Morgan fingerprint density at radius 2 is 2.22 bits per heavy atom. The maximum Gasteiger partial charge on any atom is 0.232 e. The highest BCUT2D eigenvalue weighted by atomic mass is 35.5. The zero-order valence-corrected chi connectivity index (χ0v) is 14.2. The molecular formula is C18H25ClN2O2. The van der Waals surface area contributed by atoms with Crippen molar-refractivity contribution in [1.82, 2.24) is 5.32 Å². The van der Waals surface area contributed by atoms with Gasteiger partial charge in [0, 0.05) is 12.2 Å². The Morgan fingerprint density at radius 1 is 1.30 bits per heavy atom. The van der Waals surface area contributed by atoms with Gasteiger partial charge in [0.1, 0.15) is 5.75 Å². The molecule has 1 amide bonds. The lowest BCUT2D eigenvalue weighted by Gasteiger charge is -2.37. The van der Waals surface area contributed by atoms with E-state index in [0.29, 0.717) is 5.92 Å². The average molecular weight is 337 g/mol. The maximum absolute atomic E-state index is 13.0. The summed E-state index contributed by atoms with van der Waals surface area (Å²) < 4.78 is 5.65. The van der Waals surface area contributed by atoms with E-state index in [9.17, 15) is 4.79 Å². The Balaban J connectivity index is 0.00000156. The lowest BCUT2D eigenvalue weighted by atomic mass is 9.67. The number of carbonyl (C=O) groups excluding carboxylic acids is 1. The number of amides is 1. The summed E-state index contributed by atoms with van der Waals surface area (Å²) in [6.45, 7) is 2.62. The van der Waals surface area contributed by atoms with Gasteiger partial charge in [-0.25, -0.2) is 0 Å². The van der Waals surface area contributed by atoms with E-state index in [4.69, 9.17) is 4.74 Å². The highest BCUT2D eigenvalue weighted by Crippen LogP contribution is 2.44. The van der Waals surface area contributed by atoms with Gasteiger partial charge >= 0.3 is 0 Å². The number of ether oxygens (including phenoxy) is 1. The molecule has 2 atom stereocenters. The van der Waals surface area contributed by atoms with Crippen molar-refractivity contribution < 1.29 is 9.53 Å². The molecule has 4 rings (SSSR count). The van der Waals surface area contributed by atoms with E-state index < -0.39 is 0 Å². The smallest absolute Gasteiger partial charge is 0.232 e. The van der Waals surface area contributed by atoms with E-state index in [-0.39, 0.29) is 23.7 Å². The summed E-state index contributed by atoms with van der Waals surface area (Å²) in [5.74, 6) is 1.68. The van der Waals surface area contributed by atoms with Gasteiger partial charge in [0.05, 0.1) is 12.0 Å². The molecule has 0 radical (unpaired) electrons. The third kappa shape index (κ3) is 2.94. The summed E-state index contributed by atoms with van der Waals surface area (Å²) in [5.41, 5.74) is 1.94. The number of anilines is 1. The lowest BCUT2D eigenvalue weighted by Crippen LogP contribution is -2.44. The zero-order chi connectivity index (χ0) is 15.0. The number of hydrogen-bond acceptors (Lipinski definition) is 3. The van der Waals surface area contributed by atoms with Gasteiger partial charge in [0.25, 0.3) is 0 Å². The molecule has 23 heavy (non-hydrogen) atoms. The molecule has 5 heteroatoms. The van der Waals surface area contributed by atoms with Crippen LogP contribution in [0.3, 0.4) is 0 Å². The SMILES string of the molecule is Cl.O=C(Nc1ccc2c(c1)CCCO2)[C@@]12CCCC[C@H]1CNC2. The quantitative estimate of drug-likeness (QED) is 0.872. The number of fused-ring (bicyclic) bond motifs is 2. The molecule has 0 spiro atoms. The second kappa shape index (κ2) is 6.70. The molecule has 1 aromatic carbocycles. The van der Waals surface area contributed by atoms with Crippen LogP contribution < -0.4 is 15.4 Å². The number of carbonyl (C=O) groups is 1. The Kier molecular flexibility index (Phi) is 4.83. The fourth-order valence-corrected chi connectivity index (χ4v) is 4.38. The van der Waals surface area contributed by atoms with Crippen molar-refractivity contribution in [1.29, 1.82) is 0 Å². The summed E-state index contributed by atoms with van der Waals surface area (Å²) >= 11 is 0. The molecule has 4 nitrogen and oxygen atoms in total. The van der Waals surface area contributed by atoms with Crippen molar-refractivity contribution in [2.45, 2.75) is 38.5 Å². The van der Waals surface area contributed by atoms with E-state index in [1.165, 1.54) is 24.8 Å². The minimum absolute atomic E-state index is 0. The van der Waals surface area contributed by atoms with E-state index >= 15 is 0 Å². The second-order valence-corrected chi connectivity index (χ2v) is 6.96. The zero-order valence-electron chi connectivity index (χ0n) is 13.4. The first kappa shape index (κ1) is 16.6. The molecule has 1 saturated carbocycles. The first-order chi connectivity index (χ1) is 10.8. The molecule has 0 unspecified atom stereocenters. The van der Waals surface area contributed by atoms with Crippen molar-refractivity contribution >= 4 is 24.0 Å². The third-order valence-corrected chi connectivity index (χ3v) is 5.66. The molecule has 0 aromatic heterocycles. The van der Waals surface area contributed by atoms with Crippen molar-refractivity contribution in [3.63, 3.8) is 0 Å². The third-order valence-electron chi connectivity index (χ3n) is 5.66. The van der Waals surface area contributed by atoms with E-state index in [1.807, 2.05) is 12.1 Å². The van der Waals surface area contributed by atoms with Crippen LogP contribution in [0.4, 0.5) is 5.69 Å². The van der Waals surface area contributed by atoms with Gasteiger partial charge in [-0.3, -0.25) is 4.79 Å². The molecule has 2 aliphatic heterocycles. The topological polar surface area (TPSA) is 50.4 Å². The van der Waals surface area contributed by atoms with E-state index in [2.05, 4.69) is 16.7 Å². The van der Waals surface area contributed by atoms with Crippen LogP contribution in [0.5, 0.6) is 5.75 Å². The first-order valence-electron chi connectivity index (χ1n) is 8.56. The van der Waals surface area contributed by atoms with Gasteiger partial charge in [-0.05, 0) is 61.9 Å². The normalized spacial score (nSPS) is 28.8. The lowest BCUT2D eigenvalue weighted by molar-refractivity contribution is -0.128. The number of nitrogens with one attached hydrogen (secondary N) is 2. The summed E-state index contributed by atoms with van der Waals surface area (Å²) in [6.07, 6.45) is 6.72. The van der Waals surface area contributed by atoms with Gasteiger partial charge < -0.3 is 15.4 Å². The molecule has 2 N–H and O–H groups in total.